The maximum Gasteiger partial charge on any atom is 0.239 e. The molecule has 1 aromatic rings. The van der Waals surface area contributed by atoms with Gasteiger partial charge in [-0.05, 0) is 37.3 Å². The number of nitrogens with zero attached hydrogens (tertiary/aromatic N) is 2. The summed E-state index contributed by atoms with van der Waals surface area (Å²) < 4.78 is 28.1. The van der Waals surface area contributed by atoms with Crippen molar-refractivity contribution in [3.05, 3.63) is 42.2 Å². The van der Waals surface area contributed by atoms with E-state index < -0.39 is 10.0 Å². The Hall–Kier alpha value is -1.49. The topological polar surface area (TPSA) is 40.6 Å². The van der Waals surface area contributed by atoms with E-state index in [1.165, 1.54) is 0 Å². The largest absolute Gasteiger partial charge is 0.324 e. The fourth-order valence-electron chi connectivity index (χ4n) is 3.90. The predicted octanol–water partition coefficient (Wildman–Crippen LogP) is 4.23. The highest BCUT2D eigenvalue weighted by Gasteiger charge is 2.41. The van der Waals surface area contributed by atoms with E-state index in [2.05, 4.69) is 37.8 Å². The van der Waals surface area contributed by atoms with Crippen LogP contribution in [0.4, 0.5) is 5.69 Å². The molecule has 0 bridgehead atoms. The zero-order valence-corrected chi connectivity index (χ0v) is 15.7. The van der Waals surface area contributed by atoms with Gasteiger partial charge in [-0.25, -0.2) is 8.42 Å². The van der Waals surface area contributed by atoms with Crippen LogP contribution < -0.4 is 4.90 Å². The Bertz CT molecular complexity index is 706. The third kappa shape index (κ3) is 3.06. The van der Waals surface area contributed by atoms with Gasteiger partial charge in [0.25, 0.3) is 0 Å². The Morgan fingerprint density at radius 2 is 1.71 bits per heavy atom. The van der Waals surface area contributed by atoms with Gasteiger partial charge in [0.05, 0.1) is 5.25 Å². The molecule has 1 aliphatic heterocycles. The lowest BCUT2D eigenvalue weighted by molar-refractivity contribution is 0.331. The van der Waals surface area contributed by atoms with Crippen LogP contribution >= 0.6 is 0 Å². The number of aryl methyl sites for hydroxylation is 1. The molecule has 0 amide bonds. The zero-order chi connectivity index (χ0) is 17.3. The highest BCUT2D eigenvalue weighted by atomic mass is 32.2. The molecular weight excluding hydrogens is 320 g/mol. The van der Waals surface area contributed by atoms with Crippen LogP contribution in [0.15, 0.2) is 36.7 Å². The summed E-state index contributed by atoms with van der Waals surface area (Å²) in [6, 6.07) is 8.15. The average Bonchev–Trinajstić information content (AvgIpc) is 3.02. The maximum absolute atomic E-state index is 13.2. The van der Waals surface area contributed by atoms with Crippen LogP contribution in [0.25, 0.3) is 0 Å². The fraction of sp³-hybridized carbons (Fsp3) is 0.579. The quantitative estimate of drug-likeness (QED) is 0.817. The Balaban J connectivity index is 1.93. The first-order valence-corrected chi connectivity index (χ1v) is 10.5. The molecule has 2 aliphatic rings. The van der Waals surface area contributed by atoms with Gasteiger partial charge in [0.2, 0.25) is 10.0 Å². The van der Waals surface area contributed by atoms with Crippen molar-refractivity contribution in [3.8, 4) is 0 Å². The molecule has 4 nitrogen and oxygen atoms in total. The van der Waals surface area contributed by atoms with E-state index in [9.17, 15) is 8.42 Å². The van der Waals surface area contributed by atoms with E-state index in [4.69, 9.17) is 0 Å². The summed E-state index contributed by atoms with van der Waals surface area (Å²) in [5.41, 5.74) is 2.23. The first-order valence-electron chi connectivity index (χ1n) is 8.97. The first-order chi connectivity index (χ1) is 11.4. The average molecular weight is 349 g/mol. The van der Waals surface area contributed by atoms with Gasteiger partial charge in [-0.15, -0.1) is 0 Å². The van der Waals surface area contributed by atoms with Crippen LogP contribution in [0.5, 0.6) is 0 Å². The van der Waals surface area contributed by atoms with Crippen LogP contribution in [0.2, 0.25) is 0 Å². The Kier molecular flexibility index (Phi) is 4.90. The molecular formula is C19H28N2O2S. The van der Waals surface area contributed by atoms with Crippen molar-refractivity contribution in [2.75, 3.05) is 4.90 Å². The molecule has 3 rings (SSSR count). The summed E-state index contributed by atoms with van der Waals surface area (Å²) >= 11 is 0. The lowest BCUT2D eigenvalue weighted by Gasteiger charge is -2.37. The minimum Gasteiger partial charge on any atom is -0.324 e. The second kappa shape index (κ2) is 6.79. The molecule has 1 aliphatic carbocycles. The summed E-state index contributed by atoms with van der Waals surface area (Å²) in [4.78, 5) is 2.11. The number of sulfonamides is 1. The molecule has 132 valence electrons. The first kappa shape index (κ1) is 17.3. The van der Waals surface area contributed by atoms with Gasteiger partial charge < -0.3 is 4.90 Å². The molecule has 0 spiro atoms. The van der Waals surface area contributed by atoms with Gasteiger partial charge >= 0.3 is 0 Å². The second-order valence-electron chi connectivity index (χ2n) is 7.28. The van der Waals surface area contributed by atoms with E-state index >= 15 is 0 Å². The minimum atomic E-state index is -3.30. The summed E-state index contributed by atoms with van der Waals surface area (Å²) in [7, 11) is -3.30. The molecule has 0 N–H and O–H groups in total. The van der Waals surface area contributed by atoms with E-state index in [0.717, 1.165) is 43.4 Å². The molecule has 1 heterocycles. The van der Waals surface area contributed by atoms with Gasteiger partial charge in [0.15, 0.2) is 0 Å². The SMILES string of the molecule is Cc1ccccc1N1C=CN(S(=O)(=O)C2CCCCC2)C1C(C)C. The van der Waals surface area contributed by atoms with Crippen molar-refractivity contribution in [2.24, 2.45) is 5.92 Å². The molecule has 0 saturated heterocycles. The normalized spacial score (nSPS) is 22.6. The number of hydrogen-bond acceptors (Lipinski definition) is 3. The molecule has 1 atom stereocenters. The van der Waals surface area contributed by atoms with Crippen molar-refractivity contribution in [3.63, 3.8) is 0 Å². The number of hydrogen-bond donors (Lipinski definition) is 0. The second-order valence-corrected chi connectivity index (χ2v) is 9.40. The van der Waals surface area contributed by atoms with Crippen LogP contribution in [0.3, 0.4) is 0 Å². The highest BCUT2D eigenvalue weighted by Crippen LogP contribution is 2.36. The lowest BCUT2D eigenvalue weighted by atomic mass is 10.0. The van der Waals surface area contributed by atoms with Gasteiger partial charge in [-0.1, -0.05) is 51.3 Å². The van der Waals surface area contributed by atoms with Crippen LogP contribution in [0, 0.1) is 12.8 Å². The van der Waals surface area contributed by atoms with Crippen molar-refractivity contribution in [1.82, 2.24) is 4.31 Å². The van der Waals surface area contributed by atoms with Gasteiger partial charge in [-0.3, -0.25) is 4.31 Å². The van der Waals surface area contributed by atoms with Crippen molar-refractivity contribution in [2.45, 2.75) is 64.3 Å². The summed E-state index contributed by atoms with van der Waals surface area (Å²) in [5, 5.41) is -0.228. The molecule has 1 unspecified atom stereocenters. The van der Waals surface area contributed by atoms with Crippen molar-refractivity contribution < 1.29 is 8.42 Å². The van der Waals surface area contributed by atoms with E-state index in [1.807, 2.05) is 18.3 Å². The van der Waals surface area contributed by atoms with Gasteiger partial charge in [0, 0.05) is 18.1 Å². The Morgan fingerprint density at radius 1 is 1.04 bits per heavy atom. The number of anilines is 1. The number of rotatable bonds is 4. The van der Waals surface area contributed by atoms with Crippen LogP contribution in [-0.4, -0.2) is 24.1 Å². The maximum atomic E-state index is 13.2. The smallest absolute Gasteiger partial charge is 0.239 e. The summed E-state index contributed by atoms with van der Waals surface area (Å²) in [5.74, 6) is 0.193. The zero-order valence-electron chi connectivity index (χ0n) is 14.9. The number of para-hydroxylation sites is 1. The molecule has 1 aromatic carbocycles. The summed E-state index contributed by atoms with van der Waals surface area (Å²) in [6.45, 7) is 6.25. The van der Waals surface area contributed by atoms with Crippen molar-refractivity contribution >= 4 is 15.7 Å². The van der Waals surface area contributed by atoms with E-state index in [-0.39, 0.29) is 17.3 Å². The third-order valence-corrected chi connectivity index (χ3v) is 7.42. The third-order valence-electron chi connectivity index (χ3n) is 5.18. The van der Waals surface area contributed by atoms with Gasteiger partial charge in [0.1, 0.15) is 6.17 Å². The molecule has 1 saturated carbocycles. The van der Waals surface area contributed by atoms with Crippen molar-refractivity contribution in [1.29, 1.82) is 0 Å². The predicted molar refractivity (Wildman–Crippen MR) is 99.1 cm³/mol. The standard InChI is InChI=1S/C19H28N2O2S/c1-15(2)19-20(18-12-8-7-9-16(18)3)13-14-21(19)24(22,23)17-10-5-4-6-11-17/h7-9,12-15,17,19H,4-6,10-11H2,1-3H3. The Labute approximate surface area is 146 Å². The fourth-order valence-corrected chi connectivity index (χ4v) is 6.04. The van der Waals surface area contributed by atoms with Gasteiger partial charge in [-0.2, -0.15) is 0 Å². The molecule has 24 heavy (non-hydrogen) atoms. The Morgan fingerprint density at radius 3 is 2.33 bits per heavy atom. The highest BCUT2D eigenvalue weighted by molar-refractivity contribution is 7.89. The molecule has 0 radical (unpaired) electrons. The van der Waals surface area contributed by atoms with E-state index in [0.29, 0.717) is 0 Å². The lowest BCUT2D eigenvalue weighted by Crippen LogP contribution is -2.48. The van der Waals surface area contributed by atoms with E-state index in [1.54, 1.807) is 10.5 Å². The minimum absolute atomic E-state index is 0.182. The van der Waals surface area contributed by atoms with Crippen LogP contribution in [-0.2, 0) is 10.0 Å². The number of benzene rings is 1. The molecule has 0 aromatic heterocycles. The molecule has 1 fully saturated rings. The summed E-state index contributed by atoms with van der Waals surface area (Å²) in [6.07, 6.45) is 8.30. The van der Waals surface area contributed by atoms with Crippen LogP contribution in [0.1, 0.15) is 51.5 Å². The monoisotopic (exact) mass is 348 g/mol. The molecule has 5 heteroatoms.